The highest BCUT2D eigenvalue weighted by molar-refractivity contribution is 4.76. The molecule has 0 aromatic heterocycles. The first-order chi connectivity index (χ1) is 6.11. The Morgan fingerprint density at radius 3 is 2.62 bits per heavy atom. The van der Waals surface area contributed by atoms with Gasteiger partial charge in [0, 0.05) is 25.2 Å². The molecular weight excluding hydrogens is 164 g/mol. The van der Waals surface area contributed by atoms with Gasteiger partial charge in [-0.2, -0.15) is 0 Å². The summed E-state index contributed by atoms with van der Waals surface area (Å²) in [4.78, 5) is 4.73. The highest BCUT2D eigenvalue weighted by Crippen LogP contribution is 2.07. The van der Waals surface area contributed by atoms with Gasteiger partial charge >= 0.3 is 0 Å². The third-order valence-corrected chi connectivity index (χ3v) is 2.74. The average molecular weight is 186 g/mol. The number of hydrogen-bond donors (Lipinski definition) is 0. The molecule has 0 amide bonds. The minimum atomic E-state index is 0.546. The number of nitrogens with zero attached hydrogens (tertiary/aromatic N) is 2. The molecule has 0 aromatic carbocycles. The predicted octanol–water partition coefficient (Wildman–Crippen LogP) is 0.657. The molecule has 1 aliphatic rings. The van der Waals surface area contributed by atoms with Gasteiger partial charge in [0.15, 0.2) is 0 Å². The van der Waals surface area contributed by atoms with Gasteiger partial charge in [-0.25, -0.2) is 0 Å². The van der Waals surface area contributed by atoms with Gasteiger partial charge in [-0.15, -0.1) is 0 Å². The third-order valence-electron chi connectivity index (χ3n) is 2.74. The summed E-state index contributed by atoms with van der Waals surface area (Å²) in [6.07, 6.45) is 0. The molecule has 1 saturated heterocycles. The van der Waals surface area contributed by atoms with Crippen LogP contribution in [0.1, 0.15) is 13.8 Å². The number of ether oxygens (including phenoxy) is 1. The fraction of sp³-hybridized carbons (Fsp3) is 1.00. The normalized spacial score (nSPS) is 26.8. The summed E-state index contributed by atoms with van der Waals surface area (Å²) in [5.41, 5.74) is 0. The van der Waals surface area contributed by atoms with Crippen LogP contribution in [0.3, 0.4) is 0 Å². The van der Waals surface area contributed by atoms with Crippen molar-refractivity contribution in [2.24, 2.45) is 0 Å². The molecule has 13 heavy (non-hydrogen) atoms. The van der Waals surface area contributed by atoms with E-state index in [0.717, 1.165) is 26.3 Å². The van der Waals surface area contributed by atoms with Crippen LogP contribution in [-0.4, -0.2) is 62.3 Å². The molecular formula is C10H22N2O. The Balaban J connectivity index is 2.49. The van der Waals surface area contributed by atoms with Crippen LogP contribution in [0.15, 0.2) is 0 Å². The smallest absolute Gasteiger partial charge is 0.0634 e. The fourth-order valence-corrected chi connectivity index (χ4v) is 1.60. The van der Waals surface area contributed by atoms with Gasteiger partial charge in [0.2, 0.25) is 0 Å². The first-order valence-corrected chi connectivity index (χ1v) is 5.09. The van der Waals surface area contributed by atoms with Crippen molar-refractivity contribution in [2.45, 2.75) is 25.9 Å². The topological polar surface area (TPSA) is 15.7 Å². The molecule has 0 saturated carbocycles. The van der Waals surface area contributed by atoms with Gasteiger partial charge in [-0.05, 0) is 27.9 Å². The molecule has 1 unspecified atom stereocenters. The summed E-state index contributed by atoms with van der Waals surface area (Å²) in [5.74, 6) is 0. The van der Waals surface area contributed by atoms with Crippen molar-refractivity contribution in [3.8, 4) is 0 Å². The largest absolute Gasteiger partial charge is 0.378 e. The van der Waals surface area contributed by atoms with Gasteiger partial charge in [-0.1, -0.05) is 0 Å². The van der Waals surface area contributed by atoms with E-state index in [-0.39, 0.29) is 0 Å². The van der Waals surface area contributed by atoms with Crippen LogP contribution in [0.25, 0.3) is 0 Å². The van der Waals surface area contributed by atoms with Crippen LogP contribution >= 0.6 is 0 Å². The van der Waals surface area contributed by atoms with Crippen molar-refractivity contribution in [2.75, 3.05) is 40.4 Å². The zero-order valence-electron chi connectivity index (χ0n) is 9.29. The maximum Gasteiger partial charge on any atom is 0.0634 e. The molecule has 1 rings (SSSR count). The van der Waals surface area contributed by atoms with Crippen LogP contribution in [0, 0.1) is 0 Å². The molecule has 0 radical (unpaired) electrons. The molecule has 78 valence electrons. The lowest BCUT2D eigenvalue weighted by molar-refractivity contribution is 0.103. The molecule has 1 fully saturated rings. The van der Waals surface area contributed by atoms with Crippen LogP contribution in [0.2, 0.25) is 0 Å². The molecule has 0 N–H and O–H groups in total. The van der Waals surface area contributed by atoms with Gasteiger partial charge < -0.3 is 9.64 Å². The zero-order chi connectivity index (χ0) is 9.84. The zero-order valence-corrected chi connectivity index (χ0v) is 9.29. The van der Waals surface area contributed by atoms with E-state index in [1.54, 1.807) is 0 Å². The lowest BCUT2D eigenvalue weighted by Gasteiger charge is -2.29. The molecule has 3 nitrogen and oxygen atoms in total. The molecule has 0 aromatic rings. The average Bonchev–Trinajstić information content (AvgIpc) is 2.28. The minimum absolute atomic E-state index is 0.546. The Kier molecular flexibility index (Phi) is 4.16. The van der Waals surface area contributed by atoms with E-state index in [0.29, 0.717) is 12.1 Å². The highest BCUT2D eigenvalue weighted by Gasteiger charge is 2.21. The van der Waals surface area contributed by atoms with Crippen molar-refractivity contribution >= 4 is 0 Å². The van der Waals surface area contributed by atoms with Gasteiger partial charge in [0.25, 0.3) is 0 Å². The van der Waals surface area contributed by atoms with E-state index in [1.165, 1.54) is 0 Å². The second kappa shape index (κ2) is 4.94. The van der Waals surface area contributed by atoms with E-state index in [2.05, 4.69) is 37.7 Å². The summed E-state index contributed by atoms with van der Waals surface area (Å²) in [7, 11) is 4.25. The van der Waals surface area contributed by atoms with Crippen molar-refractivity contribution in [3.05, 3.63) is 0 Å². The lowest BCUT2D eigenvalue weighted by atomic mass is 10.2. The summed E-state index contributed by atoms with van der Waals surface area (Å²) < 4.78 is 5.57. The molecule has 0 aliphatic carbocycles. The Morgan fingerprint density at radius 2 is 2.08 bits per heavy atom. The predicted molar refractivity (Wildman–Crippen MR) is 55.0 cm³/mol. The Morgan fingerprint density at radius 1 is 1.38 bits per heavy atom. The third kappa shape index (κ3) is 3.25. The molecule has 0 bridgehead atoms. The number of hydrogen-bond acceptors (Lipinski definition) is 3. The van der Waals surface area contributed by atoms with Gasteiger partial charge in [0.1, 0.15) is 0 Å². The molecule has 3 heteroatoms. The van der Waals surface area contributed by atoms with E-state index < -0.39 is 0 Å². The van der Waals surface area contributed by atoms with E-state index in [9.17, 15) is 0 Å². The summed E-state index contributed by atoms with van der Waals surface area (Å²) >= 11 is 0. The van der Waals surface area contributed by atoms with Crippen LogP contribution < -0.4 is 0 Å². The quantitative estimate of drug-likeness (QED) is 0.630. The minimum Gasteiger partial charge on any atom is -0.378 e. The lowest BCUT2D eigenvalue weighted by Crippen LogP contribution is -2.43. The SMILES string of the molecule is CC(C)N1CCOCC(N(C)C)C1. The molecule has 1 heterocycles. The number of rotatable bonds is 2. The maximum atomic E-state index is 5.57. The number of likely N-dealkylation sites (N-methyl/N-ethyl adjacent to an activating group) is 1. The van der Waals surface area contributed by atoms with Crippen molar-refractivity contribution in [1.82, 2.24) is 9.80 Å². The first kappa shape index (κ1) is 11.0. The molecule has 1 aliphatic heterocycles. The fourth-order valence-electron chi connectivity index (χ4n) is 1.60. The maximum absolute atomic E-state index is 5.57. The second-order valence-electron chi connectivity index (χ2n) is 4.28. The second-order valence-corrected chi connectivity index (χ2v) is 4.28. The summed E-state index contributed by atoms with van der Waals surface area (Å²) in [6, 6.07) is 1.18. The summed E-state index contributed by atoms with van der Waals surface area (Å²) in [6.45, 7) is 8.45. The van der Waals surface area contributed by atoms with E-state index >= 15 is 0 Å². The van der Waals surface area contributed by atoms with Gasteiger partial charge in [0.05, 0.1) is 13.2 Å². The van der Waals surface area contributed by atoms with Crippen LogP contribution in [-0.2, 0) is 4.74 Å². The Labute approximate surface area is 81.7 Å². The van der Waals surface area contributed by atoms with E-state index in [1.807, 2.05) is 0 Å². The van der Waals surface area contributed by atoms with Crippen LogP contribution in [0.5, 0.6) is 0 Å². The molecule has 1 atom stereocenters. The Hall–Kier alpha value is -0.120. The monoisotopic (exact) mass is 186 g/mol. The molecule has 0 spiro atoms. The standard InChI is InChI=1S/C10H22N2O/c1-9(2)12-5-6-13-8-10(7-12)11(3)4/h9-10H,5-8H2,1-4H3. The highest BCUT2D eigenvalue weighted by atomic mass is 16.5. The first-order valence-electron chi connectivity index (χ1n) is 5.09. The van der Waals surface area contributed by atoms with Crippen molar-refractivity contribution < 1.29 is 4.74 Å². The van der Waals surface area contributed by atoms with E-state index in [4.69, 9.17) is 4.74 Å². The Bertz CT molecular complexity index is 132. The van der Waals surface area contributed by atoms with Crippen molar-refractivity contribution in [1.29, 1.82) is 0 Å². The van der Waals surface area contributed by atoms with Crippen molar-refractivity contribution in [3.63, 3.8) is 0 Å². The van der Waals surface area contributed by atoms with Gasteiger partial charge in [-0.3, -0.25) is 4.90 Å². The summed E-state index contributed by atoms with van der Waals surface area (Å²) in [5, 5.41) is 0. The van der Waals surface area contributed by atoms with Crippen LogP contribution in [0.4, 0.5) is 0 Å².